The summed E-state index contributed by atoms with van der Waals surface area (Å²) in [5.74, 6) is 2.04. The fourth-order valence-corrected chi connectivity index (χ4v) is 4.43. The van der Waals surface area contributed by atoms with Gasteiger partial charge in [-0.3, -0.25) is 4.98 Å². The van der Waals surface area contributed by atoms with Gasteiger partial charge < -0.3 is 9.88 Å². The van der Waals surface area contributed by atoms with Crippen molar-refractivity contribution >= 4 is 34.5 Å². The number of fused-ring (bicyclic) bond motifs is 1. The van der Waals surface area contributed by atoms with E-state index in [4.69, 9.17) is 21.6 Å². The third kappa shape index (κ3) is 3.99. The zero-order valence-corrected chi connectivity index (χ0v) is 18.6. The number of nitrogens with one attached hydrogen (secondary N) is 1. The van der Waals surface area contributed by atoms with E-state index < -0.39 is 0 Å². The van der Waals surface area contributed by atoms with Crippen LogP contribution in [0.25, 0.3) is 17.1 Å². The summed E-state index contributed by atoms with van der Waals surface area (Å²) in [6, 6.07) is 2.15. The smallest absolute Gasteiger partial charge is 0.145 e. The minimum atomic E-state index is 0.296. The predicted octanol–water partition coefficient (Wildman–Crippen LogP) is 5.83. The van der Waals surface area contributed by atoms with Crippen LogP contribution in [0.3, 0.4) is 0 Å². The number of halogens is 1. The Morgan fingerprint density at radius 3 is 2.70 bits per heavy atom. The number of aromatic amines is 1. The number of aromatic nitrogens is 4. The molecule has 1 fully saturated rings. The van der Waals surface area contributed by atoms with Crippen LogP contribution in [0.2, 0.25) is 5.02 Å². The van der Waals surface area contributed by atoms with Gasteiger partial charge in [-0.05, 0) is 42.9 Å². The van der Waals surface area contributed by atoms with Crippen molar-refractivity contribution in [3.8, 4) is 0 Å². The third-order valence-electron chi connectivity index (χ3n) is 5.56. The Balaban J connectivity index is 1.75. The zero-order valence-electron chi connectivity index (χ0n) is 17.9. The monoisotopic (exact) mass is 421 g/mol. The van der Waals surface area contributed by atoms with Crippen molar-refractivity contribution in [1.82, 2.24) is 19.9 Å². The summed E-state index contributed by atoms with van der Waals surface area (Å²) in [6.45, 7) is 12.1. The van der Waals surface area contributed by atoms with Crippen LogP contribution >= 0.6 is 11.6 Å². The highest BCUT2D eigenvalue weighted by molar-refractivity contribution is 6.37. The lowest BCUT2D eigenvalue weighted by Crippen LogP contribution is -2.20. The first kappa shape index (κ1) is 20.6. The maximum atomic E-state index is 6.77. The number of allylic oxidation sites excluding steroid dienone is 2. The molecule has 156 valence electrons. The lowest BCUT2D eigenvalue weighted by Gasteiger charge is -2.18. The van der Waals surface area contributed by atoms with Crippen LogP contribution in [-0.2, 0) is 6.42 Å². The summed E-state index contributed by atoms with van der Waals surface area (Å²) in [6.07, 6.45) is 10.5. The van der Waals surface area contributed by atoms with Gasteiger partial charge in [0.25, 0.3) is 0 Å². The summed E-state index contributed by atoms with van der Waals surface area (Å²) >= 11 is 6.77. The van der Waals surface area contributed by atoms with Gasteiger partial charge in [0.1, 0.15) is 17.3 Å². The van der Waals surface area contributed by atoms with Gasteiger partial charge in [0.2, 0.25) is 0 Å². The fraction of sp³-hybridized carbons (Fsp3) is 0.375. The molecule has 0 unspecified atom stereocenters. The molecule has 5 nitrogen and oxygen atoms in total. The minimum absolute atomic E-state index is 0.296. The Kier molecular flexibility index (Phi) is 5.91. The molecule has 3 aromatic rings. The second-order valence-electron chi connectivity index (χ2n) is 8.21. The van der Waals surface area contributed by atoms with Crippen molar-refractivity contribution in [2.45, 2.75) is 46.0 Å². The second kappa shape index (κ2) is 8.60. The molecule has 1 aliphatic heterocycles. The molecular formula is C24H28ClN5. The Morgan fingerprint density at radius 2 is 2.03 bits per heavy atom. The molecule has 1 N–H and O–H groups in total. The SMILES string of the molecule is C=C/C=C\c1ncc(Cc2nc(N3CCCC3)c3c(Cl)c(C(C)C)[nH]c3n2)cc1C. The van der Waals surface area contributed by atoms with Gasteiger partial charge in [-0.15, -0.1) is 0 Å². The van der Waals surface area contributed by atoms with E-state index in [0.29, 0.717) is 12.3 Å². The molecule has 0 bridgehead atoms. The average Bonchev–Trinajstić information content (AvgIpc) is 3.35. The van der Waals surface area contributed by atoms with Crippen LogP contribution in [0.4, 0.5) is 5.82 Å². The summed E-state index contributed by atoms with van der Waals surface area (Å²) in [5, 5.41) is 1.70. The predicted molar refractivity (Wildman–Crippen MR) is 125 cm³/mol. The van der Waals surface area contributed by atoms with Gasteiger partial charge in [0.15, 0.2) is 0 Å². The Labute approximate surface area is 182 Å². The van der Waals surface area contributed by atoms with Crippen LogP contribution in [-0.4, -0.2) is 33.0 Å². The molecule has 1 aliphatic rings. The average molecular weight is 422 g/mol. The van der Waals surface area contributed by atoms with Crippen molar-refractivity contribution in [3.63, 3.8) is 0 Å². The lowest BCUT2D eigenvalue weighted by molar-refractivity contribution is 0.834. The molecular weight excluding hydrogens is 394 g/mol. The number of nitrogens with zero attached hydrogens (tertiary/aromatic N) is 4. The summed E-state index contributed by atoms with van der Waals surface area (Å²) in [5.41, 5.74) is 5.01. The molecule has 0 radical (unpaired) electrons. The van der Waals surface area contributed by atoms with Gasteiger partial charge >= 0.3 is 0 Å². The van der Waals surface area contributed by atoms with E-state index >= 15 is 0 Å². The van der Waals surface area contributed by atoms with Crippen LogP contribution in [0.15, 0.2) is 31.0 Å². The summed E-state index contributed by atoms with van der Waals surface area (Å²) in [4.78, 5) is 20.2. The van der Waals surface area contributed by atoms with Gasteiger partial charge in [0.05, 0.1) is 16.1 Å². The molecule has 30 heavy (non-hydrogen) atoms. The maximum Gasteiger partial charge on any atom is 0.145 e. The normalized spacial score (nSPS) is 14.5. The second-order valence-corrected chi connectivity index (χ2v) is 8.58. The molecule has 3 aromatic heterocycles. The molecule has 4 rings (SSSR count). The highest BCUT2D eigenvalue weighted by Crippen LogP contribution is 2.37. The number of H-pyrrole nitrogens is 1. The molecule has 0 aliphatic carbocycles. The topological polar surface area (TPSA) is 57.7 Å². The van der Waals surface area contributed by atoms with Crippen LogP contribution < -0.4 is 4.90 Å². The maximum absolute atomic E-state index is 6.77. The van der Waals surface area contributed by atoms with Crippen molar-refractivity contribution in [2.24, 2.45) is 0 Å². The van der Waals surface area contributed by atoms with Crippen molar-refractivity contribution in [2.75, 3.05) is 18.0 Å². The van der Waals surface area contributed by atoms with E-state index in [1.165, 1.54) is 12.8 Å². The molecule has 6 heteroatoms. The highest BCUT2D eigenvalue weighted by Gasteiger charge is 2.24. The number of anilines is 1. The molecule has 0 amide bonds. The van der Waals surface area contributed by atoms with Gasteiger partial charge in [0, 0.05) is 31.4 Å². The lowest BCUT2D eigenvalue weighted by atomic mass is 10.1. The van der Waals surface area contributed by atoms with Gasteiger partial charge in [-0.1, -0.05) is 50.2 Å². The van der Waals surface area contributed by atoms with E-state index in [1.807, 2.05) is 18.3 Å². The molecule has 0 saturated carbocycles. The van der Waals surface area contributed by atoms with Gasteiger partial charge in [-0.2, -0.15) is 0 Å². The quantitative estimate of drug-likeness (QED) is 0.509. The Bertz CT molecular complexity index is 1110. The first-order valence-corrected chi connectivity index (χ1v) is 10.9. The molecule has 1 saturated heterocycles. The summed E-state index contributed by atoms with van der Waals surface area (Å²) < 4.78 is 0. The van der Waals surface area contributed by atoms with Crippen LogP contribution in [0, 0.1) is 6.92 Å². The fourth-order valence-electron chi connectivity index (χ4n) is 3.99. The first-order valence-electron chi connectivity index (χ1n) is 10.6. The van der Waals surface area contributed by atoms with E-state index in [-0.39, 0.29) is 0 Å². The number of aryl methyl sites for hydroxylation is 1. The minimum Gasteiger partial charge on any atom is -0.356 e. The van der Waals surface area contributed by atoms with Crippen LogP contribution in [0.1, 0.15) is 60.9 Å². The number of hydrogen-bond donors (Lipinski definition) is 1. The van der Waals surface area contributed by atoms with E-state index in [2.05, 4.69) is 48.3 Å². The highest BCUT2D eigenvalue weighted by atomic mass is 35.5. The largest absolute Gasteiger partial charge is 0.356 e. The zero-order chi connectivity index (χ0) is 21.3. The van der Waals surface area contributed by atoms with Gasteiger partial charge in [-0.25, -0.2) is 9.97 Å². The molecule has 0 aromatic carbocycles. The number of pyridine rings is 1. The standard InChI is InChI=1S/C24H28ClN5/c1-5-6-9-18-16(4)12-17(14-26-18)13-19-27-23-20(21(25)22(29-23)15(2)3)24(28-19)30-10-7-8-11-30/h5-6,9,12,14-15H,1,7-8,10-11,13H2,2-4H3,(H,27,28,29)/b9-6-. The Hall–Kier alpha value is -2.66. The Morgan fingerprint density at radius 1 is 1.27 bits per heavy atom. The molecule has 4 heterocycles. The number of rotatable bonds is 6. The molecule has 0 spiro atoms. The third-order valence-corrected chi connectivity index (χ3v) is 5.95. The van der Waals surface area contributed by atoms with Crippen molar-refractivity contribution < 1.29 is 0 Å². The summed E-state index contributed by atoms with van der Waals surface area (Å²) in [7, 11) is 0. The first-order chi connectivity index (χ1) is 14.5. The van der Waals surface area contributed by atoms with Crippen LogP contribution in [0.5, 0.6) is 0 Å². The van der Waals surface area contributed by atoms with E-state index in [1.54, 1.807) is 6.08 Å². The molecule has 0 atom stereocenters. The van der Waals surface area contributed by atoms with Crippen molar-refractivity contribution in [1.29, 1.82) is 0 Å². The van der Waals surface area contributed by atoms with E-state index in [0.717, 1.165) is 63.3 Å². The number of hydrogen-bond acceptors (Lipinski definition) is 4. The van der Waals surface area contributed by atoms with Crippen molar-refractivity contribution in [3.05, 3.63) is 64.4 Å². The van der Waals surface area contributed by atoms with E-state index in [9.17, 15) is 0 Å².